The second-order valence-electron chi connectivity index (χ2n) is 5.52. The Morgan fingerprint density at radius 1 is 1.17 bits per heavy atom. The molecular weight excluding hydrogens is 392 g/mol. The molecule has 0 fully saturated rings. The fourth-order valence-corrected chi connectivity index (χ4v) is 3.77. The van der Waals surface area contributed by atoms with Crippen LogP contribution in [0.2, 0.25) is 0 Å². The van der Waals surface area contributed by atoms with Gasteiger partial charge in [-0.05, 0) is 49.7 Å². The molecule has 2 aromatic carbocycles. The van der Waals surface area contributed by atoms with Crippen LogP contribution >= 0.6 is 15.9 Å². The lowest BCUT2D eigenvalue weighted by molar-refractivity contribution is -0.116. The Hall–Kier alpha value is -1.86. The molecule has 0 aliphatic heterocycles. The predicted molar refractivity (Wildman–Crippen MR) is 101 cm³/mol. The van der Waals surface area contributed by atoms with E-state index >= 15 is 0 Å². The highest BCUT2D eigenvalue weighted by Gasteiger charge is 2.29. The van der Waals surface area contributed by atoms with Gasteiger partial charge in [-0.3, -0.25) is 9.10 Å². The minimum Gasteiger partial charge on any atom is -0.324 e. The smallest absolute Gasteiger partial charge is 0.247 e. The molecule has 0 saturated heterocycles. The Morgan fingerprint density at radius 3 is 2.33 bits per heavy atom. The summed E-state index contributed by atoms with van der Waals surface area (Å²) in [6.07, 6.45) is 1.09. The number of sulfonamides is 1. The van der Waals surface area contributed by atoms with Gasteiger partial charge in [-0.15, -0.1) is 0 Å². The van der Waals surface area contributed by atoms with E-state index in [9.17, 15) is 13.2 Å². The number of halogens is 1. The highest BCUT2D eigenvalue weighted by atomic mass is 79.9. The predicted octanol–water partition coefficient (Wildman–Crippen LogP) is 3.55. The number of anilines is 2. The summed E-state index contributed by atoms with van der Waals surface area (Å²) < 4.78 is 26.4. The number of carbonyl (C=O) groups is 1. The summed E-state index contributed by atoms with van der Waals surface area (Å²) in [6, 6.07) is 13.1. The van der Waals surface area contributed by atoms with Gasteiger partial charge in [0, 0.05) is 10.2 Å². The van der Waals surface area contributed by atoms with E-state index in [2.05, 4.69) is 21.2 Å². The fourth-order valence-electron chi connectivity index (χ4n) is 2.35. The number of amides is 1. The summed E-state index contributed by atoms with van der Waals surface area (Å²) in [4.78, 5) is 12.5. The number of hydrogen-bond acceptors (Lipinski definition) is 3. The first-order valence-electron chi connectivity index (χ1n) is 7.31. The molecule has 0 saturated carbocycles. The van der Waals surface area contributed by atoms with Crippen molar-refractivity contribution in [3.05, 3.63) is 58.6 Å². The molecule has 0 spiro atoms. The Kier molecular flexibility index (Phi) is 5.66. The van der Waals surface area contributed by atoms with Gasteiger partial charge < -0.3 is 5.32 Å². The van der Waals surface area contributed by atoms with E-state index in [1.807, 2.05) is 19.1 Å². The van der Waals surface area contributed by atoms with E-state index in [-0.39, 0.29) is 0 Å². The third-order valence-electron chi connectivity index (χ3n) is 3.52. The van der Waals surface area contributed by atoms with Crippen LogP contribution in [-0.4, -0.2) is 26.6 Å². The van der Waals surface area contributed by atoms with Gasteiger partial charge in [0.15, 0.2) is 0 Å². The largest absolute Gasteiger partial charge is 0.324 e. The van der Waals surface area contributed by atoms with Crippen molar-refractivity contribution in [1.82, 2.24) is 0 Å². The molecule has 0 bridgehead atoms. The Morgan fingerprint density at radius 2 is 1.79 bits per heavy atom. The molecule has 7 heteroatoms. The first-order chi connectivity index (χ1) is 11.2. The third-order valence-corrected chi connectivity index (χ3v) is 5.66. The van der Waals surface area contributed by atoms with Gasteiger partial charge in [-0.1, -0.05) is 34.1 Å². The van der Waals surface area contributed by atoms with Crippen molar-refractivity contribution in [3.63, 3.8) is 0 Å². The number of para-hydroxylation sites is 1. The molecule has 0 aliphatic carbocycles. The highest BCUT2D eigenvalue weighted by molar-refractivity contribution is 9.10. The number of hydrogen-bond donors (Lipinski definition) is 1. The van der Waals surface area contributed by atoms with Crippen LogP contribution in [0, 0.1) is 6.92 Å². The van der Waals surface area contributed by atoms with Crippen LogP contribution in [0.4, 0.5) is 11.4 Å². The van der Waals surface area contributed by atoms with Crippen LogP contribution in [0.5, 0.6) is 0 Å². The summed E-state index contributed by atoms with van der Waals surface area (Å²) in [5.41, 5.74) is 2.05. The topological polar surface area (TPSA) is 66.5 Å². The van der Waals surface area contributed by atoms with E-state index in [1.54, 1.807) is 43.3 Å². The summed E-state index contributed by atoms with van der Waals surface area (Å²) in [5, 5.41) is 2.77. The molecule has 0 unspecified atom stereocenters. The third kappa shape index (κ3) is 4.36. The van der Waals surface area contributed by atoms with Gasteiger partial charge in [0.1, 0.15) is 6.04 Å². The summed E-state index contributed by atoms with van der Waals surface area (Å²) >= 11 is 3.40. The van der Waals surface area contributed by atoms with Crippen molar-refractivity contribution in [2.75, 3.05) is 15.9 Å². The van der Waals surface area contributed by atoms with E-state index < -0.39 is 22.0 Å². The maximum absolute atomic E-state index is 12.5. The molecule has 1 atom stereocenters. The van der Waals surface area contributed by atoms with E-state index in [0.29, 0.717) is 11.4 Å². The molecule has 0 aliphatic rings. The number of carbonyl (C=O) groups excluding carboxylic acids is 1. The zero-order valence-electron chi connectivity index (χ0n) is 13.7. The highest BCUT2D eigenvalue weighted by Crippen LogP contribution is 2.23. The van der Waals surface area contributed by atoms with Crippen LogP contribution in [0.1, 0.15) is 12.5 Å². The van der Waals surface area contributed by atoms with Crippen molar-refractivity contribution >= 4 is 43.2 Å². The maximum atomic E-state index is 12.5. The maximum Gasteiger partial charge on any atom is 0.247 e. The van der Waals surface area contributed by atoms with Crippen LogP contribution < -0.4 is 9.62 Å². The van der Waals surface area contributed by atoms with Crippen molar-refractivity contribution in [2.45, 2.75) is 19.9 Å². The molecule has 1 amide bonds. The van der Waals surface area contributed by atoms with Gasteiger partial charge in [0.2, 0.25) is 15.9 Å². The molecule has 0 heterocycles. The normalized spacial score (nSPS) is 12.5. The van der Waals surface area contributed by atoms with Crippen LogP contribution in [0.3, 0.4) is 0 Å². The van der Waals surface area contributed by atoms with Crippen molar-refractivity contribution in [3.8, 4) is 0 Å². The summed E-state index contributed by atoms with van der Waals surface area (Å²) in [7, 11) is -3.60. The van der Waals surface area contributed by atoms with Gasteiger partial charge in [0.25, 0.3) is 0 Å². The van der Waals surface area contributed by atoms with Gasteiger partial charge in [-0.25, -0.2) is 8.42 Å². The molecule has 2 aromatic rings. The minimum atomic E-state index is -3.60. The number of nitrogens with one attached hydrogen (secondary N) is 1. The summed E-state index contributed by atoms with van der Waals surface area (Å²) in [6.45, 7) is 3.48. The first kappa shape index (κ1) is 18.5. The molecule has 5 nitrogen and oxygen atoms in total. The number of benzene rings is 2. The van der Waals surface area contributed by atoms with Gasteiger partial charge >= 0.3 is 0 Å². The Balaban J connectivity index is 2.27. The zero-order valence-corrected chi connectivity index (χ0v) is 16.1. The van der Waals surface area contributed by atoms with Crippen LogP contribution in [0.25, 0.3) is 0 Å². The van der Waals surface area contributed by atoms with Crippen molar-refractivity contribution in [1.29, 1.82) is 0 Å². The fraction of sp³-hybridized carbons (Fsp3) is 0.235. The lowest BCUT2D eigenvalue weighted by atomic mass is 10.2. The lowest BCUT2D eigenvalue weighted by Gasteiger charge is -2.28. The summed E-state index contributed by atoms with van der Waals surface area (Å²) in [5.74, 6) is -0.397. The first-order valence-corrected chi connectivity index (χ1v) is 9.96. The molecule has 128 valence electrons. The lowest BCUT2D eigenvalue weighted by Crippen LogP contribution is -2.45. The standard InChI is InChI=1S/C17H19BrN2O3S/c1-12-11-14(9-10-16(12)18)19-17(21)13(2)20(24(3,22)23)15-7-5-4-6-8-15/h4-11,13H,1-3H3,(H,19,21)/t13-/m1/s1. The zero-order chi connectivity index (χ0) is 17.9. The van der Waals surface area contributed by atoms with E-state index in [4.69, 9.17) is 0 Å². The molecular formula is C17H19BrN2O3S. The van der Waals surface area contributed by atoms with Crippen molar-refractivity contribution < 1.29 is 13.2 Å². The Labute approximate surface area is 150 Å². The van der Waals surface area contributed by atoms with E-state index in [0.717, 1.165) is 20.6 Å². The molecule has 24 heavy (non-hydrogen) atoms. The number of aryl methyl sites for hydroxylation is 1. The molecule has 0 aromatic heterocycles. The monoisotopic (exact) mass is 410 g/mol. The van der Waals surface area contributed by atoms with Gasteiger partial charge in [0.05, 0.1) is 11.9 Å². The quantitative estimate of drug-likeness (QED) is 0.819. The van der Waals surface area contributed by atoms with Gasteiger partial charge in [-0.2, -0.15) is 0 Å². The average Bonchev–Trinajstić information content (AvgIpc) is 2.50. The minimum absolute atomic E-state index is 0.397. The van der Waals surface area contributed by atoms with Crippen molar-refractivity contribution in [2.24, 2.45) is 0 Å². The molecule has 1 N–H and O–H groups in total. The second-order valence-corrected chi connectivity index (χ2v) is 8.24. The van der Waals surface area contributed by atoms with Crippen LogP contribution in [0.15, 0.2) is 53.0 Å². The second kappa shape index (κ2) is 7.36. The number of rotatable bonds is 5. The SMILES string of the molecule is Cc1cc(NC(=O)[C@@H](C)N(c2ccccc2)S(C)(=O)=O)ccc1Br. The molecule has 0 radical (unpaired) electrons. The molecule has 2 rings (SSSR count). The average molecular weight is 411 g/mol. The Bertz CT molecular complexity index is 838. The van der Waals surface area contributed by atoms with Crippen LogP contribution in [-0.2, 0) is 14.8 Å². The number of nitrogens with zero attached hydrogens (tertiary/aromatic N) is 1. The van der Waals surface area contributed by atoms with E-state index in [1.165, 1.54) is 0 Å².